The van der Waals surface area contributed by atoms with E-state index < -0.39 is 0 Å². The first-order chi connectivity index (χ1) is 12.3. The van der Waals surface area contributed by atoms with Crippen LogP contribution >= 0.6 is 11.3 Å². The Morgan fingerprint density at radius 3 is 2.96 bits per heavy atom. The van der Waals surface area contributed by atoms with Crippen molar-refractivity contribution in [3.05, 3.63) is 52.4 Å². The molecule has 0 atom stereocenters. The number of nitrogens with one attached hydrogen (secondary N) is 1. The van der Waals surface area contributed by atoms with Crippen molar-refractivity contribution in [3.8, 4) is 6.07 Å². The van der Waals surface area contributed by atoms with E-state index in [1.807, 2.05) is 24.3 Å². The van der Waals surface area contributed by atoms with Gasteiger partial charge in [0.25, 0.3) is 0 Å². The zero-order valence-corrected chi connectivity index (χ0v) is 14.2. The molecule has 0 bridgehead atoms. The van der Waals surface area contributed by atoms with Crippen molar-refractivity contribution in [1.82, 2.24) is 4.98 Å². The maximum atomic E-state index is 11.5. The van der Waals surface area contributed by atoms with E-state index >= 15 is 0 Å². The van der Waals surface area contributed by atoms with Crippen LogP contribution in [0.5, 0.6) is 0 Å². The molecule has 0 fully saturated rings. The molecular formula is C19H15N3O2S. The van der Waals surface area contributed by atoms with Gasteiger partial charge >= 0.3 is 0 Å². The van der Waals surface area contributed by atoms with Gasteiger partial charge in [-0.05, 0) is 43.4 Å². The molecule has 1 aromatic carbocycles. The molecule has 124 valence electrons. The second-order valence-corrected chi connectivity index (χ2v) is 6.98. The highest BCUT2D eigenvalue weighted by atomic mass is 32.1. The van der Waals surface area contributed by atoms with E-state index in [0.717, 1.165) is 36.2 Å². The number of aldehydes is 1. The summed E-state index contributed by atoms with van der Waals surface area (Å²) in [6.45, 7) is 0. The van der Waals surface area contributed by atoms with Gasteiger partial charge in [-0.1, -0.05) is 12.1 Å². The quantitative estimate of drug-likeness (QED) is 0.561. The fourth-order valence-electron chi connectivity index (χ4n) is 3.07. The third-order valence-corrected chi connectivity index (χ3v) is 5.53. The van der Waals surface area contributed by atoms with Gasteiger partial charge in [-0.15, -0.1) is 11.3 Å². The molecule has 6 heteroatoms. The number of rotatable bonds is 4. The fourth-order valence-corrected chi connectivity index (χ4v) is 4.28. The van der Waals surface area contributed by atoms with Crippen LogP contribution < -0.4 is 5.32 Å². The van der Waals surface area contributed by atoms with Crippen molar-refractivity contribution in [1.29, 1.82) is 5.26 Å². The van der Waals surface area contributed by atoms with Gasteiger partial charge in [-0.25, -0.2) is 4.98 Å². The molecule has 0 radical (unpaired) electrons. The van der Waals surface area contributed by atoms with Gasteiger partial charge < -0.3 is 9.73 Å². The van der Waals surface area contributed by atoms with Gasteiger partial charge in [0.1, 0.15) is 16.6 Å². The lowest BCUT2D eigenvalue weighted by Crippen LogP contribution is -2.00. The number of para-hydroxylation sites is 2. The van der Waals surface area contributed by atoms with Crippen LogP contribution in [-0.2, 0) is 17.6 Å². The van der Waals surface area contributed by atoms with E-state index in [0.29, 0.717) is 28.5 Å². The smallest absolute Gasteiger partial charge is 0.232 e. The first-order valence-corrected chi connectivity index (χ1v) is 8.94. The van der Waals surface area contributed by atoms with Crippen LogP contribution in [0.1, 0.15) is 34.7 Å². The van der Waals surface area contributed by atoms with Crippen molar-refractivity contribution in [2.24, 2.45) is 0 Å². The van der Waals surface area contributed by atoms with Gasteiger partial charge in [0.15, 0.2) is 11.9 Å². The number of carbonyl (C=O) groups excluding carboxylic acids is 1. The molecule has 2 aromatic heterocycles. The van der Waals surface area contributed by atoms with Crippen molar-refractivity contribution in [2.75, 3.05) is 5.32 Å². The molecule has 0 saturated carbocycles. The topological polar surface area (TPSA) is 78.9 Å². The second kappa shape index (κ2) is 6.54. The molecule has 3 aromatic rings. The normalized spacial score (nSPS) is 14.1. The number of hydrogen-bond acceptors (Lipinski definition) is 6. The third-order valence-electron chi connectivity index (χ3n) is 4.31. The molecule has 0 saturated heterocycles. The molecule has 5 nitrogen and oxygen atoms in total. The van der Waals surface area contributed by atoms with Crippen molar-refractivity contribution in [2.45, 2.75) is 25.7 Å². The highest BCUT2D eigenvalue weighted by Gasteiger charge is 2.20. The number of anilines is 1. The number of carbonyl (C=O) groups is 1. The van der Waals surface area contributed by atoms with Gasteiger partial charge in [0, 0.05) is 11.1 Å². The summed E-state index contributed by atoms with van der Waals surface area (Å²) in [6.07, 6.45) is 6.52. The Morgan fingerprint density at radius 1 is 1.32 bits per heavy atom. The van der Waals surface area contributed by atoms with Crippen LogP contribution in [0.3, 0.4) is 0 Å². The van der Waals surface area contributed by atoms with Crippen LogP contribution in [0.15, 0.2) is 34.9 Å². The van der Waals surface area contributed by atoms with E-state index in [-0.39, 0.29) is 5.89 Å². The van der Waals surface area contributed by atoms with Crippen LogP contribution in [0.4, 0.5) is 5.00 Å². The molecular weight excluding hydrogens is 334 g/mol. The standard InChI is InChI=1S/C19H15N3O2S/c20-9-14-13-5-1-4-8-17(13)25-19(14)21-10-12(11-23)18-22-15-6-2-3-7-16(15)24-18/h2-3,6-7,10-11,21H,1,4-5,8H2/b12-10+. The predicted octanol–water partition coefficient (Wildman–Crippen LogP) is 4.29. The average Bonchev–Trinajstić information content (AvgIpc) is 3.23. The lowest BCUT2D eigenvalue weighted by Gasteiger charge is -2.09. The van der Waals surface area contributed by atoms with Gasteiger partial charge in [0.2, 0.25) is 5.89 Å². The fraction of sp³-hybridized carbons (Fsp3) is 0.211. The predicted molar refractivity (Wildman–Crippen MR) is 97.3 cm³/mol. The SMILES string of the molecule is N#Cc1c(N/C=C(\C=O)c2nc3ccccc3o2)sc2c1CCCC2. The first kappa shape index (κ1) is 15.6. The Kier molecular flexibility index (Phi) is 4.08. The number of oxazole rings is 1. The Morgan fingerprint density at radius 2 is 2.16 bits per heavy atom. The van der Waals surface area contributed by atoms with Crippen molar-refractivity contribution < 1.29 is 9.21 Å². The van der Waals surface area contributed by atoms with Gasteiger partial charge in [-0.3, -0.25) is 4.79 Å². The minimum atomic E-state index is 0.267. The number of thiophene rings is 1. The summed E-state index contributed by atoms with van der Waals surface area (Å²) in [4.78, 5) is 17.1. The lowest BCUT2D eigenvalue weighted by atomic mass is 9.96. The molecule has 25 heavy (non-hydrogen) atoms. The molecule has 1 N–H and O–H groups in total. The summed E-state index contributed by atoms with van der Waals surface area (Å²) in [5.74, 6) is 0.267. The van der Waals surface area contributed by atoms with E-state index in [9.17, 15) is 10.1 Å². The van der Waals surface area contributed by atoms with Crippen LogP contribution in [0.25, 0.3) is 16.7 Å². The summed E-state index contributed by atoms with van der Waals surface area (Å²) >= 11 is 1.59. The summed E-state index contributed by atoms with van der Waals surface area (Å²) in [5, 5.41) is 13.4. The number of aryl methyl sites for hydroxylation is 1. The highest BCUT2D eigenvalue weighted by Crippen LogP contribution is 2.37. The van der Waals surface area contributed by atoms with E-state index in [1.165, 1.54) is 4.88 Å². The summed E-state index contributed by atoms with van der Waals surface area (Å²) in [6, 6.07) is 9.66. The Bertz CT molecular complexity index is 990. The second-order valence-electron chi connectivity index (χ2n) is 5.88. The molecule has 0 spiro atoms. The van der Waals surface area contributed by atoms with Crippen molar-refractivity contribution in [3.63, 3.8) is 0 Å². The highest BCUT2D eigenvalue weighted by molar-refractivity contribution is 7.16. The first-order valence-electron chi connectivity index (χ1n) is 8.12. The zero-order chi connectivity index (χ0) is 17.2. The number of fused-ring (bicyclic) bond motifs is 2. The van der Waals surface area contributed by atoms with Crippen molar-refractivity contribution >= 4 is 39.3 Å². The van der Waals surface area contributed by atoms with E-state index in [4.69, 9.17) is 4.42 Å². The largest absolute Gasteiger partial charge is 0.436 e. The Hall–Kier alpha value is -2.91. The van der Waals surface area contributed by atoms with Gasteiger partial charge in [-0.2, -0.15) is 5.26 Å². The molecule has 0 unspecified atom stereocenters. The third kappa shape index (κ3) is 2.83. The molecule has 0 amide bonds. The minimum Gasteiger partial charge on any atom is -0.436 e. The number of allylic oxidation sites excluding steroid dienone is 1. The number of benzene rings is 1. The summed E-state index contributed by atoms with van der Waals surface area (Å²) in [7, 11) is 0. The summed E-state index contributed by atoms with van der Waals surface area (Å²) < 4.78 is 5.64. The summed E-state index contributed by atoms with van der Waals surface area (Å²) in [5.41, 5.74) is 3.50. The van der Waals surface area contributed by atoms with E-state index in [2.05, 4.69) is 16.4 Å². The average molecular weight is 349 g/mol. The van der Waals surface area contributed by atoms with Gasteiger partial charge in [0.05, 0.1) is 11.1 Å². The number of nitriles is 1. The maximum absolute atomic E-state index is 11.5. The van der Waals surface area contributed by atoms with Crippen LogP contribution in [0.2, 0.25) is 0 Å². The molecule has 2 heterocycles. The Labute approximate surface area is 148 Å². The van der Waals surface area contributed by atoms with E-state index in [1.54, 1.807) is 17.5 Å². The van der Waals surface area contributed by atoms with Crippen LogP contribution in [0, 0.1) is 11.3 Å². The molecule has 4 rings (SSSR count). The molecule has 1 aliphatic rings. The maximum Gasteiger partial charge on any atom is 0.232 e. The number of hydrogen-bond donors (Lipinski definition) is 1. The molecule has 1 aliphatic carbocycles. The zero-order valence-electron chi connectivity index (χ0n) is 13.4. The molecule has 0 aliphatic heterocycles. The Balaban J connectivity index is 1.67. The lowest BCUT2D eigenvalue weighted by molar-refractivity contribution is -0.103. The number of aromatic nitrogens is 1. The number of nitrogens with zero attached hydrogens (tertiary/aromatic N) is 2. The van der Waals surface area contributed by atoms with Crippen LogP contribution in [-0.4, -0.2) is 11.3 Å². The monoisotopic (exact) mass is 349 g/mol. The minimum absolute atomic E-state index is 0.267.